The maximum Gasteiger partial charge on any atom is 0.151 e. The quantitative estimate of drug-likeness (QED) is 0.700. The van der Waals surface area contributed by atoms with Crippen molar-refractivity contribution in [1.82, 2.24) is 9.55 Å². The molecule has 3 nitrogen and oxygen atoms in total. The van der Waals surface area contributed by atoms with Crippen molar-refractivity contribution in [2.75, 3.05) is 5.73 Å². The summed E-state index contributed by atoms with van der Waals surface area (Å²) in [7, 11) is 0. The zero-order valence-electron chi connectivity index (χ0n) is 11.8. The zero-order chi connectivity index (χ0) is 15.1. The molecule has 0 spiro atoms. The molecule has 21 heavy (non-hydrogen) atoms. The highest BCUT2D eigenvalue weighted by molar-refractivity contribution is 6.33. The second kappa shape index (κ2) is 5.04. The van der Waals surface area contributed by atoms with Crippen molar-refractivity contribution in [2.45, 2.75) is 19.9 Å². The fourth-order valence-corrected chi connectivity index (χ4v) is 2.78. The molecule has 0 aliphatic rings. The Hall–Kier alpha value is -2.07. The topological polar surface area (TPSA) is 43.8 Å². The minimum atomic E-state index is -0.334. The number of anilines is 1. The summed E-state index contributed by atoms with van der Waals surface area (Å²) in [6.45, 7) is 4.06. The van der Waals surface area contributed by atoms with Gasteiger partial charge in [0.1, 0.15) is 11.3 Å². The van der Waals surface area contributed by atoms with Crippen LogP contribution in [0.15, 0.2) is 36.4 Å². The number of nitrogens with two attached hydrogens (primary N) is 1. The van der Waals surface area contributed by atoms with Crippen molar-refractivity contribution in [2.24, 2.45) is 0 Å². The number of hydrogen-bond donors (Lipinski definition) is 1. The molecule has 0 unspecified atom stereocenters. The molecule has 0 bridgehead atoms. The van der Waals surface area contributed by atoms with Crippen molar-refractivity contribution in [3.8, 4) is 11.4 Å². The standard InChI is InChI=1S/C16H15ClFN3/c1-9(2)21-14-5-3-4-13(18)15(14)20-16(21)11-7-6-10(19)8-12(11)17/h3-9H,19H2,1-2H3. The second-order valence-corrected chi connectivity index (χ2v) is 5.65. The van der Waals surface area contributed by atoms with Crippen molar-refractivity contribution in [1.29, 1.82) is 0 Å². The van der Waals surface area contributed by atoms with E-state index in [1.54, 1.807) is 18.2 Å². The molecule has 0 amide bonds. The highest BCUT2D eigenvalue weighted by Crippen LogP contribution is 2.34. The van der Waals surface area contributed by atoms with E-state index in [0.29, 0.717) is 22.1 Å². The number of halogens is 2. The van der Waals surface area contributed by atoms with Crippen molar-refractivity contribution in [3.63, 3.8) is 0 Å². The normalized spacial score (nSPS) is 11.5. The van der Waals surface area contributed by atoms with Gasteiger partial charge in [-0.15, -0.1) is 0 Å². The van der Waals surface area contributed by atoms with Gasteiger partial charge in [0.15, 0.2) is 5.82 Å². The van der Waals surface area contributed by atoms with Crippen LogP contribution in [0, 0.1) is 5.82 Å². The lowest BCUT2D eigenvalue weighted by atomic mass is 10.2. The Balaban J connectivity index is 2.36. The molecule has 3 rings (SSSR count). The van der Waals surface area contributed by atoms with Crippen LogP contribution in [0.25, 0.3) is 22.4 Å². The summed E-state index contributed by atoms with van der Waals surface area (Å²) in [4.78, 5) is 4.46. The minimum Gasteiger partial charge on any atom is -0.399 e. The lowest BCUT2D eigenvalue weighted by Crippen LogP contribution is -2.03. The van der Waals surface area contributed by atoms with Crippen LogP contribution in [0.5, 0.6) is 0 Å². The monoisotopic (exact) mass is 303 g/mol. The molecule has 2 aromatic carbocycles. The number of nitrogen functional groups attached to an aromatic ring is 1. The van der Waals surface area contributed by atoms with Gasteiger partial charge >= 0.3 is 0 Å². The Morgan fingerprint density at radius 3 is 2.67 bits per heavy atom. The van der Waals surface area contributed by atoms with Crippen molar-refractivity contribution < 1.29 is 4.39 Å². The number of para-hydroxylation sites is 1. The van der Waals surface area contributed by atoms with Crippen LogP contribution in [0.1, 0.15) is 19.9 Å². The fraction of sp³-hybridized carbons (Fsp3) is 0.188. The Morgan fingerprint density at radius 1 is 1.24 bits per heavy atom. The molecule has 0 radical (unpaired) electrons. The molecule has 0 atom stereocenters. The van der Waals surface area contributed by atoms with Gasteiger partial charge in [-0.3, -0.25) is 0 Å². The maximum atomic E-state index is 14.0. The van der Waals surface area contributed by atoms with E-state index >= 15 is 0 Å². The van der Waals surface area contributed by atoms with E-state index in [-0.39, 0.29) is 11.9 Å². The van der Waals surface area contributed by atoms with Crippen molar-refractivity contribution in [3.05, 3.63) is 47.2 Å². The smallest absolute Gasteiger partial charge is 0.151 e. The molecule has 1 heterocycles. The summed E-state index contributed by atoms with van der Waals surface area (Å²) < 4.78 is 16.0. The molecule has 5 heteroatoms. The summed E-state index contributed by atoms with van der Waals surface area (Å²) in [6, 6.07) is 10.3. The molecule has 108 valence electrons. The van der Waals surface area contributed by atoms with Crippen LogP contribution in [-0.2, 0) is 0 Å². The van der Waals surface area contributed by atoms with Crippen LogP contribution in [-0.4, -0.2) is 9.55 Å². The fourth-order valence-electron chi connectivity index (χ4n) is 2.51. The summed E-state index contributed by atoms with van der Waals surface area (Å²) in [5.74, 6) is 0.315. The maximum absolute atomic E-state index is 14.0. The van der Waals surface area contributed by atoms with E-state index in [2.05, 4.69) is 4.98 Å². The van der Waals surface area contributed by atoms with E-state index in [1.807, 2.05) is 30.5 Å². The highest BCUT2D eigenvalue weighted by Gasteiger charge is 2.18. The first-order valence-electron chi connectivity index (χ1n) is 6.71. The molecule has 3 aromatic rings. The van der Waals surface area contributed by atoms with Crippen LogP contribution >= 0.6 is 11.6 Å². The number of hydrogen-bond acceptors (Lipinski definition) is 2. The number of benzene rings is 2. The molecule has 2 N–H and O–H groups in total. The van der Waals surface area contributed by atoms with E-state index in [0.717, 1.165) is 11.1 Å². The average Bonchev–Trinajstić information content (AvgIpc) is 2.79. The van der Waals surface area contributed by atoms with Gasteiger partial charge in [-0.1, -0.05) is 17.7 Å². The summed E-state index contributed by atoms with van der Waals surface area (Å²) in [6.07, 6.45) is 0. The number of fused-ring (bicyclic) bond motifs is 1. The van der Waals surface area contributed by atoms with Gasteiger partial charge in [0.05, 0.1) is 10.5 Å². The Labute approximate surface area is 127 Å². The number of imidazole rings is 1. The predicted octanol–water partition coefficient (Wildman–Crippen LogP) is 4.66. The third-order valence-corrected chi connectivity index (χ3v) is 3.73. The van der Waals surface area contributed by atoms with Gasteiger partial charge in [0.2, 0.25) is 0 Å². The van der Waals surface area contributed by atoms with Gasteiger partial charge < -0.3 is 10.3 Å². The third-order valence-electron chi connectivity index (χ3n) is 3.42. The second-order valence-electron chi connectivity index (χ2n) is 5.25. The van der Waals surface area contributed by atoms with Gasteiger partial charge in [-0.25, -0.2) is 9.37 Å². The van der Waals surface area contributed by atoms with E-state index in [4.69, 9.17) is 17.3 Å². The summed E-state index contributed by atoms with van der Waals surface area (Å²) in [5.41, 5.74) is 8.17. The van der Waals surface area contributed by atoms with Crippen LogP contribution in [0.3, 0.4) is 0 Å². The molecule has 0 aliphatic carbocycles. The van der Waals surface area contributed by atoms with Gasteiger partial charge in [0.25, 0.3) is 0 Å². The van der Waals surface area contributed by atoms with Gasteiger partial charge in [-0.2, -0.15) is 0 Å². The SMILES string of the molecule is CC(C)n1c(-c2ccc(N)cc2Cl)nc2c(F)cccc21. The largest absolute Gasteiger partial charge is 0.399 e. The zero-order valence-corrected chi connectivity index (χ0v) is 12.5. The van der Waals surface area contributed by atoms with E-state index in [9.17, 15) is 4.39 Å². The number of nitrogens with zero attached hydrogens (tertiary/aromatic N) is 2. The van der Waals surface area contributed by atoms with Gasteiger partial charge in [-0.05, 0) is 44.2 Å². The lowest BCUT2D eigenvalue weighted by Gasteiger charge is -2.14. The summed E-state index contributed by atoms with van der Waals surface area (Å²) in [5, 5.41) is 0.507. The first kappa shape index (κ1) is 13.9. The average molecular weight is 304 g/mol. The highest BCUT2D eigenvalue weighted by atomic mass is 35.5. The Morgan fingerprint density at radius 2 is 2.00 bits per heavy atom. The summed E-state index contributed by atoms with van der Waals surface area (Å²) >= 11 is 6.28. The molecule has 0 aliphatic heterocycles. The third kappa shape index (κ3) is 2.25. The molecular formula is C16H15ClFN3. The predicted molar refractivity (Wildman–Crippen MR) is 84.9 cm³/mol. The molecule has 0 saturated heterocycles. The molecular weight excluding hydrogens is 289 g/mol. The van der Waals surface area contributed by atoms with Crippen LogP contribution < -0.4 is 5.73 Å². The Bertz CT molecular complexity index is 824. The van der Waals surface area contributed by atoms with Crippen LogP contribution in [0.4, 0.5) is 10.1 Å². The Kier molecular flexibility index (Phi) is 3.33. The minimum absolute atomic E-state index is 0.125. The number of aromatic nitrogens is 2. The first-order valence-corrected chi connectivity index (χ1v) is 7.08. The molecule has 0 saturated carbocycles. The molecule has 1 aromatic heterocycles. The van der Waals surface area contributed by atoms with Crippen molar-refractivity contribution >= 4 is 28.3 Å². The van der Waals surface area contributed by atoms with E-state index in [1.165, 1.54) is 6.07 Å². The van der Waals surface area contributed by atoms with Crippen LogP contribution in [0.2, 0.25) is 5.02 Å². The number of rotatable bonds is 2. The lowest BCUT2D eigenvalue weighted by molar-refractivity contribution is 0.623. The van der Waals surface area contributed by atoms with Gasteiger partial charge in [0, 0.05) is 17.3 Å². The first-order chi connectivity index (χ1) is 9.99. The van der Waals surface area contributed by atoms with E-state index < -0.39 is 0 Å². The molecule has 0 fully saturated rings.